The standard InChI is InChI=1S/C30H29N5O3/c1-20-8-7-9-22(16-20)19-35-28(36)26-27(32(3)30(35)37)31-29-33(17-21(2)18-34(26)29)23-12-14-25(15-13-23)38-24-10-5-4-6-11-24/h4-16,21H,17-19H2,1-3H3. The van der Waals surface area contributed by atoms with E-state index in [9.17, 15) is 9.59 Å². The maximum absolute atomic E-state index is 13.7. The monoisotopic (exact) mass is 507 g/mol. The van der Waals surface area contributed by atoms with E-state index in [1.807, 2.05) is 90.4 Å². The Labute approximate surface area is 220 Å². The fourth-order valence-electron chi connectivity index (χ4n) is 5.17. The van der Waals surface area contributed by atoms with E-state index in [1.165, 1.54) is 9.13 Å². The molecule has 3 heterocycles. The van der Waals surface area contributed by atoms with Crippen molar-refractivity contribution in [3.8, 4) is 11.5 Å². The highest BCUT2D eigenvalue weighted by Gasteiger charge is 2.30. The van der Waals surface area contributed by atoms with Gasteiger partial charge >= 0.3 is 5.69 Å². The Hall–Kier alpha value is -4.59. The molecule has 0 N–H and O–H groups in total. The molecule has 1 aliphatic heterocycles. The predicted octanol–water partition coefficient (Wildman–Crippen LogP) is 4.83. The van der Waals surface area contributed by atoms with Gasteiger partial charge in [0, 0.05) is 25.8 Å². The van der Waals surface area contributed by atoms with Crippen molar-refractivity contribution in [1.82, 2.24) is 18.7 Å². The summed E-state index contributed by atoms with van der Waals surface area (Å²) in [7, 11) is 1.68. The van der Waals surface area contributed by atoms with Crippen molar-refractivity contribution in [1.29, 1.82) is 0 Å². The van der Waals surface area contributed by atoms with Gasteiger partial charge < -0.3 is 14.2 Å². The Morgan fingerprint density at radius 3 is 2.39 bits per heavy atom. The number of para-hydroxylation sites is 1. The highest BCUT2D eigenvalue weighted by Crippen LogP contribution is 2.34. The molecule has 0 aliphatic carbocycles. The largest absolute Gasteiger partial charge is 0.457 e. The average Bonchev–Trinajstić information content (AvgIpc) is 3.30. The summed E-state index contributed by atoms with van der Waals surface area (Å²) in [5, 5.41) is 0. The van der Waals surface area contributed by atoms with E-state index in [4.69, 9.17) is 9.72 Å². The normalized spacial score (nSPS) is 15.0. The van der Waals surface area contributed by atoms with Gasteiger partial charge in [0.15, 0.2) is 11.2 Å². The lowest BCUT2D eigenvalue weighted by Gasteiger charge is -2.33. The SMILES string of the molecule is Cc1cccc(Cn2c(=O)c3c(nc4n3CC(C)CN4c3ccc(Oc4ccccc4)cc3)n(C)c2=O)c1. The lowest BCUT2D eigenvalue weighted by atomic mass is 10.1. The van der Waals surface area contributed by atoms with Gasteiger partial charge in [0.25, 0.3) is 5.56 Å². The van der Waals surface area contributed by atoms with Crippen LogP contribution in [0.4, 0.5) is 11.6 Å². The fourth-order valence-corrected chi connectivity index (χ4v) is 5.17. The molecule has 8 nitrogen and oxygen atoms in total. The minimum atomic E-state index is -0.374. The highest BCUT2D eigenvalue weighted by molar-refractivity contribution is 5.77. The van der Waals surface area contributed by atoms with Crippen molar-refractivity contribution in [2.75, 3.05) is 11.4 Å². The molecule has 8 heteroatoms. The second-order valence-electron chi connectivity index (χ2n) is 10.0. The van der Waals surface area contributed by atoms with Crippen molar-refractivity contribution in [3.05, 3.63) is 111 Å². The Bertz CT molecular complexity index is 1750. The summed E-state index contributed by atoms with van der Waals surface area (Å²) in [5.74, 6) is 2.44. The minimum absolute atomic E-state index is 0.214. The summed E-state index contributed by atoms with van der Waals surface area (Å²) in [4.78, 5) is 33.9. The van der Waals surface area contributed by atoms with Gasteiger partial charge in [-0.3, -0.25) is 13.9 Å². The van der Waals surface area contributed by atoms with E-state index in [-0.39, 0.29) is 23.7 Å². The van der Waals surface area contributed by atoms with Gasteiger partial charge in [-0.2, -0.15) is 4.98 Å². The van der Waals surface area contributed by atoms with Crippen LogP contribution in [0.2, 0.25) is 0 Å². The number of ether oxygens (including phenoxy) is 1. The lowest BCUT2D eigenvalue weighted by molar-refractivity contribution is 0.457. The molecule has 2 aromatic heterocycles. The Morgan fingerprint density at radius 1 is 0.921 bits per heavy atom. The first-order chi connectivity index (χ1) is 18.4. The Kier molecular flexibility index (Phi) is 5.87. The van der Waals surface area contributed by atoms with Crippen LogP contribution < -0.4 is 20.9 Å². The van der Waals surface area contributed by atoms with Gasteiger partial charge in [0.2, 0.25) is 5.95 Å². The zero-order valence-corrected chi connectivity index (χ0v) is 21.7. The van der Waals surface area contributed by atoms with Crippen LogP contribution in [-0.4, -0.2) is 25.2 Å². The third kappa shape index (κ3) is 4.18. The first-order valence-electron chi connectivity index (χ1n) is 12.7. The first kappa shape index (κ1) is 23.8. The van der Waals surface area contributed by atoms with E-state index in [1.54, 1.807) is 7.05 Å². The fraction of sp³-hybridized carbons (Fsp3) is 0.233. The summed E-state index contributed by atoms with van der Waals surface area (Å²) in [6, 6.07) is 25.4. The molecule has 1 aliphatic rings. The van der Waals surface area contributed by atoms with Crippen LogP contribution in [0.3, 0.4) is 0 Å². The summed E-state index contributed by atoms with van der Waals surface area (Å²) < 4.78 is 10.7. The van der Waals surface area contributed by atoms with E-state index >= 15 is 0 Å². The van der Waals surface area contributed by atoms with E-state index in [2.05, 4.69) is 11.8 Å². The molecule has 38 heavy (non-hydrogen) atoms. The summed E-state index contributed by atoms with van der Waals surface area (Å²) in [6.45, 7) is 5.76. The molecular weight excluding hydrogens is 478 g/mol. The number of benzene rings is 3. The molecule has 0 amide bonds. The van der Waals surface area contributed by atoms with Gasteiger partial charge in [0.1, 0.15) is 11.5 Å². The van der Waals surface area contributed by atoms with Crippen molar-refractivity contribution < 1.29 is 4.74 Å². The van der Waals surface area contributed by atoms with Crippen molar-refractivity contribution in [3.63, 3.8) is 0 Å². The molecule has 0 fully saturated rings. The van der Waals surface area contributed by atoms with Crippen LogP contribution in [0.15, 0.2) is 88.5 Å². The summed E-state index contributed by atoms with van der Waals surface area (Å²) in [6.07, 6.45) is 0. The van der Waals surface area contributed by atoms with E-state index in [0.29, 0.717) is 23.7 Å². The molecule has 0 spiro atoms. The van der Waals surface area contributed by atoms with Crippen LogP contribution in [0.25, 0.3) is 11.2 Å². The van der Waals surface area contributed by atoms with Crippen molar-refractivity contribution >= 4 is 22.8 Å². The molecular formula is C30H29N5O3. The van der Waals surface area contributed by atoms with Crippen LogP contribution in [0.5, 0.6) is 11.5 Å². The number of aromatic nitrogens is 4. The molecule has 0 saturated heterocycles. The van der Waals surface area contributed by atoms with Crippen LogP contribution in [0.1, 0.15) is 18.1 Å². The lowest BCUT2D eigenvalue weighted by Crippen LogP contribution is -2.40. The molecule has 192 valence electrons. The zero-order valence-electron chi connectivity index (χ0n) is 21.7. The van der Waals surface area contributed by atoms with Crippen LogP contribution >= 0.6 is 0 Å². The average molecular weight is 508 g/mol. The van der Waals surface area contributed by atoms with E-state index < -0.39 is 0 Å². The zero-order chi connectivity index (χ0) is 26.4. The Balaban J connectivity index is 1.41. The number of imidazole rings is 1. The maximum atomic E-state index is 13.7. The molecule has 1 unspecified atom stereocenters. The summed E-state index contributed by atoms with van der Waals surface area (Å²) in [5.41, 5.74) is 3.10. The van der Waals surface area contributed by atoms with Crippen molar-refractivity contribution in [2.24, 2.45) is 13.0 Å². The van der Waals surface area contributed by atoms with Gasteiger partial charge in [-0.15, -0.1) is 0 Å². The number of nitrogens with zero attached hydrogens (tertiary/aromatic N) is 5. The third-order valence-corrected chi connectivity index (χ3v) is 6.99. The molecule has 0 radical (unpaired) electrons. The first-order valence-corrected chi connectivity index (χ1v) is 12.7. The molecule has 1 atom stereocenters. The molecule has 3 aromatic carbocycles. The number of hydrogen-bond donors (Lipinski definition) is 0. The van der Waals surface area contributed by atoms with Gasteiger partial charge in [-0.25, -0.2) is 4.79 Å². The van der Waals surface area contributed by atoms with E-state index in [0.717, 1.165) is 34.9 Å². The number of rotatable bonds is 5. The number of fused-ring (bicyclic) bond motifs is 3. The quantitative estimate of drug-likeness (QED) is 0.341. The Morgan fingerprint density at radius 2 is 1.66 bits per heavy atom. The number of hydrogen-bond acceptors (Lipinski definition) is 5. The third-order valence-electron chi connectivity index (χ3n) is 6.99. The number of aryl methyl sites for hydroxylation is 2. The molecule has 5 aromatic rings. The van der Waals surface area contributed by atoms with Gasteiger partial charge in [0.05, 0.1) is 6.54 Å². The summed E-state index contributed by atoms with van der Waals surface area (Å²) >= 11 is 0. The molecule has 0 bridgehead atoms. The maximum Gasteiger partial charge on any atom is 0.332 e. The second-order valence-corrected chi connectivity index (χ2v) is 10.0. The van der Waals surface area contributed by atoms with Crippen LogP contribution in [0, 0.1) is 12.8 Å². The molecule has 0 saturated carbocycles. The topological polar surface area (TPSA) is 74.3 Å². The minimum Gasteiger partial charge on any atom is -0.457 e. The van der Waals surface area contributed by atoms with Crippen LogP contribution in [-0.2, 0) is 20.1 Å². The predicted molar refractivity (Wildman–Crippen MR) is 149 cm³/mol. The van der Waals surface area contributed by atoms with Gasteiger partial charge in [-0.1, -0.05) is 55.0 Å². The smallest absolute Gasteiger partial charge is 0.332 e. The second kappa shape index (κ2) is 9.37. The highest BCUT2D eigenvalue weighted by atomic mass is 16.5. The van der Waals surface area contributed by atoms with Gasteiger partial charge in [-0.05, 0) is 54.8 Å². The molecule has 6 rings (SSSR count). The van der Waals surface area contributed by atoms with Crippen molar-refractivity contribution in [2.45, 2.75) is 26.9 Å². The number of anilines is 2.